The van der Waals surface area contributed by atoms with Gasteiger partial charge in [0.2, 0.25) is 0 Å². The van der Waals surface area contributed by atoms with Crippen LogP contribution in [0.25, 0.3) is 0 Å². The maximum absolute atomic E-state index is 6.20. The molecule has 1 aromatic heterocycles. The summed E-state index contributed by atoms with van der Waals surface area (Å²) >= 11 is 12.2. The first-order chi connectivity index (χ1) is 9.63. The molecule has 0 bridgehead atoms. The molecule has 1 unspecified atom stereocenters. The van der Waals surface area contributed by atoms with Crippen LogP contribution in [0, 0.1) is 0 Å². The second-order valence-corrected chi connectivity index (χ2v) is 5.62. The molecular formula is C13H13Cl2N3O2. The van der Waals surface area contributed by atoms with Crippen molar-refractivity contribution in [2.24, 2.45) is 0 Å². The molecule has 1 atom stereocenters. The van der Waals surface area contributed by atoms with Crippen molar-refractivity contribution in [1.82, 2.24) is 15.0 Å². The average molecular weight is 314 g/mol. The lowest BCUT2D eigenvalue weighted by Gasteiger charge is -2.20. The minimum atomic E-state index is -0.160. The Hall–Kier alpha value is -1.46. The summed E-state index contributed by atoms with van der Waals surface area (Å²) in [7, 11) is 0. The molecule has 1 aromatic carbocycles. The molecule has 106 valence electrons. The Morgan fingerprint density at radius 1 is 1.35 bits per heavy atom. The molecule has 0 fully saturated rings. The summed E-state index contributed by atoms with van der Waals surface area (Å²) in [6.45, 7) is 3.46. The van der Waals surface area contributed by atoms with E-state index >= 15 is 0 Å². The van der Waals surface area contributed by atoms with Crippen LogP contribution in [0.3, 0.4) is 0 Å². The van der Waals surface area contributed by atoms with E-state index in [1.165, 1.54) is 0 Å². The predicted octanol–water partition coefficient (Wildman–Crippen LogP) is 3.05. The highest BCUT2D eigenvalue weighted by Crippen LogP contribution is 2.38. The van der Waals surface area contributed by atoms with Gasteiger partial charge in [0.25, 0.3) is 0 Å². The first-order valence-corrected chi connectivity index (χ1v) is 7.07. The third-order valence-electron chi connectivity index (χ3n) is 2.97. The Kier molecular flexibility index (Phi) is 3.72. The third-order valence-corrected chi connectivity index (χ3v) is 3.47. The summed E-state index contributed by atoms with van der Waals surface area (Å²) in [5.41, 5.74) is 1.72. The molecule has 3 rings (SSSR count). The first kappa shape index (κ1) is 13.5. The molecule has 5 nitrogen and oxygen atoms in total. The number of alkyl halides is 1. The molecular weight excluding hydrogens is 301 g/mol. The fraction of sp³-hybridized carbons (Fsp3) is 0.385. The zero-order valence-electron chi connectivity index (χ0n) is 10.8. The molecule has 0 spiro atoms. The molecule has 2 heterocycles. The van der Waals surface area contributed by atoms with Crippen molar-refractivity contribution in [3.63, 3.8) is 0 Å². The van der Waals surface area contributed by atoms with Crippen molar-refractivity contribution < 1.29 is 9.47 Å². The van der Waals surface area contributed by atoms with Gasteiger partial charge in [0.15, 0.2) is 11.5 Å². The van der Waals surface area contributed by atoms with Gasteiger partial charge < -0.3 is 9.47 Å². The van der Waals surface area contributed by atoms with Crippen LogP contribution in [-0.2, 0) is 6.54 Å². The monoisotopic (exact) mass is 313 g/mol. The number of benzene rings is 1. The van der Waals surface area contributed by atoms with Gasteiger partial charge in [0.1, 0.15) is 18.9 Å². The van der Waals surface area contributed by atoms with E-state index < -0.39 is 0 Å². The largest absolute Gasteiger partial charge is 0.486 e. The number of nitrogens with zero attached hydrogens (tertiary/aromatic N) is 3. The summed E-state index contributed by atoms with van der Waals surface area (Å²) in [5.74, 6) is 1.28. The highest BCUT2D eigenvalue weighted by molar-refractivity contribution is 6.32. The standard InChI is InChI=1S/C13H13Cl2N3O2/c1-8(14)11-7-18(17-16-11)6-9-4-10(15)13-12(5-9)19-2-3-20-13/h4-5,7-8H,2-3,6H2,1H3. The van der Waals surface area contributed by atoms with Crippen molar-refractivity contribution in [2.75, 3.05) is 13.2 Å². The maximum atomic E-state index is 6.20. The lowest BCUT2D eigenvalue weighted by molar-refractivity contribution is 0.171. The van der Waals surface area contributed by atoms with Crippen molar-refractivity contribution in [3.8, 4) is 11.5 Å². The lowest BCUT2D eigenvalue weighted by atomic mass is 10.2. The van der Waals surface area contributed by atoms with E-state index in [0.717, 1.165) is 11.3 Å². The van der Waals surface area contributed by atoms with Crippen molar-refractivity contribution in [2.45, 2.75) is 18.8 Å². The summed E-state index contributed by atoms with van der Waals surface area (Å²) < 4.78 is 12.8. The van der Waals surface area contributed by atoms with E-state index in [4.69, 9.17) is 32.7 Å². The SMILES string of the molecule is CC(Cl)c1cn(Cc2cc(Cl)c3c(c2)OCCO3)nn1. The molecule has 20 heavy (non-hydrogen) atoms. The van der Waals surface area contributed by atoms with Crippen LogP contribution in [0.15, 0.2) is 18.3 Å². The molecule has 0 aliphatic carbocycles. The Morgan fingerprint density at radius 3 is 2.90 bits per heavy atom. The number of ether oxygens (including phenoxy) is 2. The number of halogens is 2. The molecule has 0 N–H and O–H groups in total. The number of fused-ring (bicyclic) bond motifs is 1. The molecule has 0 amide bonds. The zero-order valence-corrected chi connectivity index (χ0v) is 12.4. The van der Waals surface area contributed by atoms with Gasteiger partial charge in [-0.25, -0.2) is 4.68 Å². The summed E-state index contributed by atoms with van der Waals surface area (Å²) in [6.07, 6.45) is 1.82. The topological polar surface area (TPSA) is 49.2 Å². The van der Waals surface area contributed by atoms with Gasteiger partial charge in [-0.3, -0.25) is 0 Å². The van der Waals surface area contributed by atoms with Gasteiger partial charge in [-0.15, -0.1) is 16.7 Å². The fourth-order valence-electron chi connectivity index (χ4n) is 2.02. The predicted molar refractivity (Wildman–Crippen MR) is 75.8 cm³/mol. The van der Waals surface area contributed by atoms with Crippen LogP contribution in [-0.4, -0.2) is 28.2 Å². The van der Waals surface area contributed by atoms with Gasteiger partial charge in [-0.1, -0.05) is 16.8 Å². The van der Waals surface area contributed by atoms with E-state index in [-0.39, 0.29) is 5.38 Å². The Bertz CT molecular complexity index is 628. The molecule has 1 aliphatic rings. The second-order valence-electron chi connectivity index (χ2n) is 4.56. The number of hydrogen-bond acceptors (Lipinski definition) is 4. The van der Waals surface area contributed by atoms with Crippen LogP contribution in [0.4, 0.5) is 0 Å². The molecule has 1 aliphatic heterocycles. The highest BCUT2D eigenvalue weighted by Gasteiger charge is 2.17. The van der Waals surface area contributed by atoms with Crippen molar-refractivity contribution in [1.29, 1.82) is 0 Å². The Labute approximate surface area is 126 Å². The van der Waals surface area contributed by atoms with E-state index in [1.54, 1.807) is 4.68 Å². The molecule has 7 heteroatoms. The zero-order chi connectivity index (χ0) is 14.1. The maximum Gasteiger partial charge on any atom is 0.179 e. The smallest absolute Gasteiger partial charge is 0.179 e. The molecule has 0 saturated carbocycles. The normalized spacial score (nSPS) is 15.2. The number of rotatable bonds is 3. The first-order valence-electron chi connectivity index (χ1n) is 6.25. The minimum Gasteiger partial charge on any atom is -0.486 e. The Balaban J connectivity index is 1.85. The van der Waals surface area contributed by atoms with E-state index in [9.17, 15) is 0 Å². The molecule has 2 aromatic rings. The lowest BCUT2D eigenvalue weighted by Crippen LogP contribution is -2.16. The fourth-order valence-corrected chi connectivity index (χ4v) is 2.40. The Morgan fingerprint density at radius 2 is 2.15 bits per heavy atom. The van der Waals surface area contributed by atoms with Crippen LogP contribution >= 0.6 is 23.2 Å². The number of hydrogen-bond donors (Lipinski definition) is 0. The quantitative estimate of drug-likeness (QED) is 0.817. The highest BCUT2D eigenvalue weighted by atomic mass is 35.5. The minimum absolute atomic E-state index is 0.160. The van der Waals surface area contributed by atoms with E-state index in [0.29, 0.717) is 36.3 Å². The van der Waals surface area contributed by atoms with Crippen LogP contribution < -0.4 is 9.47 Å². The molecule has 0 saturated heterocycles. The molecule has 0 radical (unpaired) electrons. The van der Waals surface area contributed by atoms with Gasteiger partial charge >= 0.3 is 0 Å². The van der Waals surface area contributed by atoms with Crippen LogP contribution in [0.2, 0.25) is 5.02 Å². The summed E-state index contributed by atoms with van der Waals surface area (Å²) in [6, 6.07) is 3.76. The van der Waals surface area contributed by atoms with Crippen LogP contribution in [0.5, 0.6) is 11.5 Å². The second kappa shape index (κ2) is 5.50. The van der Waals surface area contributed by atoms with E-state index in [2.05, 4.69) is 10.3 Å². The van der Waals surface area contributed by atoms with Gasteiger partial charge in [-0.05, 0) is 24.6 Å². The van der Waals surface area contributed by atoms with Gasteiger partial charge in [-0.2, -0.15) is 0 Å². The van der Waals surface area contributed by atoms with Crippen molar-refractivity contribution in [3.05, 3.63) is 34.6 Å². The van der Waals surface area contributed by atoms with Crippen molar-refractivity contribution >= 4 is 23.2 Å². The van der Waals surface area contributed by atoms with E-state index in [1.807, 2.05) is 25.3 Å². The third kappa shape index (κ3) is 2.69. The van der Waals surface area contributed by atoms with Gasteiger partial charge in [0, 0.05) is 0 Å². The van der Waals surface area contributed by atoms with Gasteiger partial charge in [0.05, 0.1) is 23.1 Å². The average Bonchev–Trinajstić information content (AvgIpc) is 2.87. The van der Waals surface area contributed by atoms with Crippen LogP contribution in [0.1, 0.15) is 23.6 Å². The number of aromatic nitrogens is 3. The summed E-state index contributed by atoms with van der Waals surface area (Å²) in [5, 5.41) is 8.44. The summed E-state index contributed by atoms with van der Waals surface area (Å²) in [4.78, 5) is 0.